The second-order valence-electron chi connectivity index (χ2n) is 7.79. The van der Waals surface area contributed by atoms with Crippen LogP contribution in [-0.2, 0) is 19.5 Å². The highest BCUT2D eigenvalue weighted by Crippen LogP contribution is 2.14. The van der Waals surface area contributed by atoms with Gasteiger partial charge in [0.25, 0.3) is 0 Å². The predicted octanol–water partition coefficient (Wildman–Crippen LogP) is 3.49. The Morgan fingerprint density at radius 3 is 2.60 bits per heavy atom. The van der Waals surface area contributed by atoms with Gasteiger partial charge >= 0.3 is 6.03 Å². The third kappa shape index (κ3) is 5.56. The monoisotopic (exact) mass is 465 g/mol. The standard InChI is InChI=1S/C25H23N9O/c35-25(28-17-21-7-4-13-27-24(21)33-16-14-26-18-33)29-22-10-8-19(9-11-22)12-15-34-31-23(30-32-34)20-5-2-1-3-6-20/h1-11,13-14,16,18H,12,15,17H2,(H2,28,29,35). The molecule has 2 N–H and O–H groups in total. The molecular formula is C25H23N9O. The molecule has 0 aliphatic heterocycles. The maximum absolute atomic E-state index is 12.4. The average molecular weight is 466 g/mol. The van der Waals surface area contributed by atoms with E-state index in [0.717, 1.165) is 28.9 Å². The molecule has 0 aliphatic rings. The normalized spacial score (nSPS) is 10.7. The van der Waals surface area contributed by atoms with E-state index in [1.807, 2.05) is 77.5 Å². The summed E-state index contributed by atoms with van der Waals surface area (Å²) < 4.78 is 1.81. The molecule has 0 saturated carbocycles. The van der Waals surface area contributed by atoms with Crippen LogP contribution < -0.4 is 10.6 Å². The van der Waals surface area contributed by atoms with Crippen molar-refractivity contribution < 1.29 is 4.79 Å². The van der Waals surface area contributed by atoms with Gasteiger partial charge < -0.3 is 10.6 Å². The van der Waals surface area contributed by atoms with Crippen LogP contribution in [0.4, 0.5) is 10.5 Å². The van der Waals surface area contributed by atoms with E-state index in [1.54, 1.807) is 23.5 Å². The quantitative estimate of drug-likeness (QED) is 0.363. The number of anilines is 1. The smallest absolute Gasteiger partial charge is 0.319 e. The van der Waals surface area contributed by atoms with Crippen molar-refractivity contribution in [3.8, 4) is 17.2 Å². The maximum Gasteiger partial charge on any atom is 0.319 e. The SMILES string of the molecule is O=C(NCc1cccnc1-n1ccnc1)Nc1ccc(CCn2nnc(-c3ccccc3)n2)cc1. The van der Waals surface area contributed by atoms with Gasteiger partial charge in [0.2, 0.25) is 5.82 Å². The van der Waals surface area contributed by atoms with E-state index in [-0.39, 0.29) is 6.03 Å². The summed E-state index contributed by atoms with van der Waals surface area (Å²) in [5, 5.41) is 18.4. The van der Waals surface area contributed by atoms with Crippen LogP contribution in [0.25, 0.3) is 17.2 Å². The lowest BCUT2D eigenvalue weighted by Crippen LogP contribution is -2.28. The number of rotatable bonds is 8. The fraction of sp³-hybridized carbons (Fsp3) is 0.120. The van der Waals surface area contributed by atoms with Crippen molar-refractivity contribution in [1.29, 1.82) is 0 Å². The van der Waals surface area contributed by atoms with E-state index in [4.69, 9.17) is 0 Å². The molecule has 0 fully saturated rings. The second-order valence-corrected chi connectivity index (χ2v) is 7.79. The van der Waals surface area contributed by atoms with Crippen LogP contribution in [0.15, 0.2) is 91.6 Å². The molecular weight excluding hydrogens is 442 g/mol. The summed E-state index contributed by atoms with van der Waals surface area (Å²) >= 11 is 0. The molecule has 174 valence electrons. The maximum atomic E-state index is 12.4. The van der Waals surface area contributed by atoms with Gasteiger partial charge in [-0.1, -0.05) is 48.5 Å². The van der Waals surface area contributed by atoms with Gasteiger partial charge in [0.05, 0.1) is 6.54 Å². The number of benzene rings is 2. The van der Waals surface area contributed by atoms with Crippen molar-refractivity contribution in [2.75, 3.05) is 5.32 Å². The fourth-order valence-electron chi connectivity index (χ4n) is 3.56. The molecule has 2 amide bonds. The first-order chi connectivity index (χ1) is 17.2. The van der Waals surface area contributed by atoms with Crippen LogP contribution in [0.5, 0.6) is 0 Å². The highest BCUT2D eigenvalue weighted by atomic mass is 16.2. The van der Waals surface area contributed by atoms with Gasteiger partial charge in [-0.2, -0.15) is 4.80 Å². The van der Waals surface area contributed by atoms with E-state index < -0.39 is 0 Å². The van der Waals surface area contributed by atoms with Gasteiger partial charge in [-0.25, -0.2) is 14.8 Å². The number of aryl methyl sites for hydroxylation is 2. The van der Waals surface area contributed by atoms with Gasteiger partial charge in [-0.3, -0.25) is 4.57 Å². The van der Waals surface area contributed by atoms with Crippen LogP contribution in [0.2, 0.25) is 0 Å². The van der Waals surface area contributed by atoms with Gasteiger partial charge in [-0.15, -0.1) is 10.2 Å². The minimum absolute atomic E-state index is 0.293. The van der Waals surface area contributed by atoms with E-state index in [9.17, 15) is 4.79 Å². The summed E-state index contributed by atoms with van der Waals surface area (Å²) in [5.41, 5.74) is 3.63. The summed E-state index contributed by atoms with van der Waals surface area (Å²) in [4.78, 5) is 22.4. The third-order valence-electron chi connectivity index (χ3n) is 5.35. The number of carbonyl (C=O) groups excluding carboxylic acids is 1. The van der Waals surface area contributed by atoms with Crippen LogP contribution in [0.1, 0.15) is 11.1 Å². The first-order valence-electron chi connectivity index (χ1n) is 11.1. The van der Waals surface area contributed by atoms with Crippen molar-refractivity contribution in [3.05, 3.63) is 103 Å². The molecule has 0 unspecified atom stereocenters. The highest BCUT2D eigenvalue weighted by Gasteiger charge is 2.08. The molecule has 10 nitrogen and oxygen atoms in total. The largest absolute Gasteiger partial charge is 0.334 e. The molecule has 0 saturated heterocycles. The van der Waals surface area contributed by atoms with Crippen LogP contribution in [0.3, 0.4) is 0 Å². The lowest BCUT2D eigenvalue weighted by atomic mass is 10.1. The lowest BCUT2D eigenvalue weighted by molar-refractivity contribution is 0.251. The van der Waals surface area contributed by atoms with Gasteiger partial charge in [0.1, 0.15) is 12.1 Å². The Balaban J connectivity index is 1.12. The van der Waals surface area contributed by atoms with Crippen LogP contribution in [-0.4, -0.2) is 40.8 Å². The average Bonchev–Trinajstić information content (AvgIpc) is 3.61. The van der Waals surface area contributed by atoms with E-state index >= 15 is 0 Å². The van der Waals surface area contributed by atoms with Crippen LogP contribution >= 0.6 is 0 Å². The number of aromatic nitrogens is 7. The zero-order chi connectivity index (χ0) is 23.9. The topological polar surface area (TPSA) is 115 Å². The minimum Gasteiger partial charge on any atom is -0.334 e. The molecule has 0 bridgehead atoms. The fourth-order valence-corrected chi connectivity index (χ4v) is 3.56. The molecule has 0 aliphatic carbocycles. The molecule has 0 atom stereocenters. The zero-order valence-electron chi connectivity index (χ0n) is 18.8. The summed E-state index contributed by atoms with van der Waals surface area (Å²) in [6.45, 7) is 0.943. The molecule has 0 spiro atoms. The molecule has 0 radical (unpaired) electrons. The van der Waals surface area contributed by atoms with E-state index in [1.165, 1.54) is 0 Å². The molecule has 5 rings (SSSR count). The summed E-state index contributed by atoms with van der Waals surface area (Å²) in [5.74, 6) is 1.34. The van der Waals surface area contributed by atoms with Crippen molar-refractivity contribution in [3.63, 3.8) is 0 Å². The van der Waals surface area contributed by atoms with Gasteiger partial charge in [0, 0.05) is 41.9 Å². The number of nitrogens with zero attached hydrogens (tertiary/aromatic N) is 7. The zero-order valence-corrected chi connectivity index (χ0v) is 18.8. The molecule has 10 heteroatoms. The first kappa shape index (κ1) is 22.0. The molecule has 35 heavy (non-hydrogen) atoms. The summed E-state index contributed by atoms with van der Waals surface area (Å²) in [7, 11) is 0. The first-order valence-corrected chi connectivity index (χ1v) is 11.1. The number of nitrogens with one attached hydrogen (secondary N) is 2. The summed E-state index contributed by atoms with van der Waals surface area (Å²) in [6.07, 6.45) is 7.63. The summed E-state index contributed by atoms with van der Waals surface area (Å²) in [6, 6.07) is 20.9. The molecule has 2 aromatic carbocycles. The van der Waals surface area contributed by atoms with Gasteiger partial charge in [-0.05, 0) is 35.4 Å². The lowest BCUT2D eigenvalue weighted by Gasteiger charge is -2.11. The molecule has 3 heterocycles. The van der Waals surface area contributed by atoms with Gasteiger partial charge in [0.15, 0.2) is 0 Å². The van der Waals surface area contributed by atoms with Crippen molar-refractivity contribution in [1.82, 2.24) is 40.1 Å². The number of amides is 2. The van der Waals surface area contributed by atoms with Crippen molar-refractivity contribution >= 4 is 11.7 Å². The van der Waals surface area contributed by atoms with Crippen molar-refractivity contribution in [2.45, 2.75) is 19.5 Å². The number of tetrazole rings is 1. The minimum atomic E-state index is -0.293. The van der Waals surface area contributed by atoms with Crippen LogP contribution in [0, 0.1) is 0 Å². The number of carbonyl (C=O) groups is 1. The Kier molecular flexibility index (Phi) is 6.51. The number of pyridine rings is 1. The Hall–Kier alpha value is -4.86. The third-order valence-corrected chi connectivity index (χ3v) is 5.35. The second kappa shape index (κ2) is 10.4. The van der Waals surface area contributed by atoms with Crippen molar-refractivity contribution in [2.24, 2.45) is 0 Å². The Morgan fingerprint density at radius 2 is 1.80 bits per heavy atom. The highest BCUT2D eigenvalue weighted by molar-refractivity contribution is 5.89. The Bertz CT molecular complexity index is 1380. The van der Waals surface area contributed by atoms with E-state index in [2.05, 4.69) is 36.0 Å². The molecule has 3 aromatic heterocycles. The number of imidazole rings is 1. The molecule has 5 aromatic rings. The predicted molar refractivity (Wildman–Crippen MR) is 131 cm³/mol. The number of hydrogen-bond donors (Lipinski definition) is 2. The Labute approximate surface area is 201 Å². The number of hydrogen-bond acceptors (Lipinski definition) is 6. The number of urea groups is 1. The van der Waals surface area contributed by atoms with E-state index in [0.29, 0.717) is 24.6 Å². The Morgan fingerprint density at radius 1 is 0.943 bits per heavy atom.